The minimum atomic E-state index is -0.240. The van der Waals surface area contributed by atoms with Crippen LogP contribution in [0.3, 0.4) is 0 Å². The molecule has 4 aliphatic rings. The van der Waals surface area contributed by atoms with E-state index in [1.54, 1.807) is 0 Å². The van der Waals surface area contributed by atoms with Crippen molar-refractivity contribution in [2.75, 3.05) is 0 Å². The van der Waals surface area contributed by atoms with Crippen LogP contribution in [0.1, 0.15) is 59.3 Å². The van der Waals surface area contributed by atoms with E-state index in [0.29, 0.717) is 17.6 Å². The van der Waals surface area contributed by atoms with Crippen LogP contribution >= 0.6 is 0 Å². The Morgan fingerprint density at radius 1 is 1.08 bits per heavy atom. The number of rotatable bonds is 1. The zero-order valence-electron chi connectivity index (χ0n) is 14.9. The van der Waals surface area contributed by atoms with Crippen LogP contribution in [0, 0.1) is 22.7 Å². The molecule has 1 unspecified atom stereocenters. The second kappa shape index (κ2) is 5.18. The van der Waals surface area contributed by atoms with Gasteiger partial charge in [0.2, 0.25) is 0 Å². The molecule has 0 aromatic carbocycles. The van der Waals surface area contributed by atoms with Crippen molar-refractivity contribution in [3.05, 3.63) is 35.1 Å². The minimum Gasteiger partial charge on any atom is -0.431 e. The van der Waals surface area contributed by atoms with Crippen molar-refractivity contribution in [3.63, 3.8) is 0 Å². The standard InChI is InChI=1S/C21H26O3/c1-13(22)24-15-8-10-20(2)14(12-15)4-5-16-17-6-7-19(23)21(17,3)11-9-18(16)20/h4-5,12,17-18H,6-11H2,1-3H3/t17-,18?,20-,21-/m0/s1. The second-order valence-corrected chi connectivity index (χ2v) is 8.43. The number of allylic oxidation sites excluding steroid dienone is 6. The van der Waals surface area contributed by atoms with E-state index in [2.05, 4.69) is 32.1 Å². The molecular weight excluding hydrogens is 300 g/mol. The lowest BCUT2D eigenvalue weighted by Crippen LogP contribution is -2.44. The number of hydrogen-bond donors (Lipinski definition) is 0. The Labute approximate surface area is 143 Å². The Hall–Kier alpha value is -1.64. The molecule has 0 saturated heterocycles. The smallest absolute Gasteiger partial charge is 0.307 e. The number of fused-ring (bicyclic) bond motifs is 5. The molecule has 0 aliphatic heterocycles. The van der Waals surface area contributed by atoms with E-state index >= 15 is 0 Å². The summed E-state index contributed by atoms with van der Waals surface area (Å²) in [4.78, 5) is 23.7. The third-order valence-corrected chi connectivity index (χ3v) is 7.19. The van der Waals surface area contributed by atoms with Gasteiger partial charge in [-0.3, -0.25) is 9.59 Å². The summed E-state index contributed by atoms with van der Waals surface area (Å²) in [6.07, 6.45) is 12.3. The lowest BCUT2D eigenvalue weighted by Gasteiger charge is -2.52. The number of esters is 1. The van der Waals surface area contributed by atoms with Crippen LogP contribution in [0.4, 0.5) is 0 Å². The van der Waals surface area contributed by atoms with Crippen molar-refractivity contribution >= 4 is 11.8 Å². The summed E-state index contributed by atoms with van der Waals surface area (Å²) in [5.41, 5.74) is 2.77. The summed E-state index contributed by atoms with van der Waals surface area (Å²) in [6.45, 7) is 6.00. The van der Waals surface area contributed by atoms with Gasteiger partial charge in [-0.25, -0.2) is 0 Å². The third-order valence-electron chi connectivity index (χ3n) is 7.19. The van der Waals surface area contributed by atoms with E-state index in [4.69, 9.17) is 4.74 Å². The SMILES string of the molecule is CC(=O)OC1=CC2=CC=C3C(CC[C@]4(C)C(=O)CC[C@@H]34)[C@@]2(C)CC1. The van der Waals surface area contributed by atoms with Crippen molar-refractivity contribution in [2.45, 2.75) is 59.3 Å². The summed E-state index contributed by atoms with van der Waals surface area (Å²) in [7, 11) is 0. The molecule has 2 fully saturated rings. The maximum Gasteiger partial charge on any atom is 0.307 e. The summed E-state index contributed by atoms with van der Waals surface area (Å²) in [6, 6.07) is 0. The van der Waals surface area contributed by atoms with Gasteiger partial charge in [-0.2, -0.15) is 0 Å². The van der Waals surface area contributed by atoms with Crippen LogP contribution in [0.2, 0.25) is 0 Å². The topological polar surface area (TPSA) is 43.4 Å². The van der Waals surface area contributed by atoms with Gasteiger partial charge in [0, 0.05) is 25.2 Å². The minimum absolute atomic E-state index is 0.112. The van der Waals surface area contributed by atoms with E-state index in [9.17, 15) is 9.59 Å². The van der Waals surface area contributed by atoms with Crippen molar-refractivity contribution in [1.29, 1.82) is 0 Å². The highest BCUT2D eigenvalue weighted by Crippen LogP contribution is 2.62. The Bertz CT molecular complexity index is 711. The van der Waals surface area contributed by atoms with Gasteiger partial charge in [0.15, 0.2) is 0 Å². The second-order valence-electron chi connectivity index (χ2n) is 8.43. The molecule has 0 radical (unpaired) electrons. The zero-order valence-corrected chi connectivity index (χ0v) is 14.9. The Morgan fingerprint density at radius 3 is 2.58 bits per heavy atom. The molecule has 4 atom stereocenters. The first-order chi connectivity index (χ1) is 11.3. The normalized spacial score (nSPS) is 40.6. The van der Waals surface area contributed by atoms with Gasteiger partial charge in [0.25, 0.3) is 0 Å². The number of carbonyl (C=O) groups excluding carboxylic acids is 2. The highest BCUT2D eigenvalue weighted by Gasteiger charge is 2.55. The van der Waals surface area contributed by atoms with Crippen LogP contribution in [-0.2, 0) is 14.3 Å². The average molecular weight is 326 g/mol. The van der Waals surface area contributed by atoms with Gasteiger partial charge >= 0.3 is 5.97 Å². The Kier molecular flexibility index (Phi) is 3.42. The lowest BCUT2D eigenvalue weighted by molar-refractivity contribution is -0.137. The largest absolute Gasteiger partial charge is 0.431 e. The molecule has 4 aliphatic carbocycles. The fraction of sp³-hybridized carbons (Fsp3) is 0.619. The van der Waals surface area contributed by atoms with Gasteiger partial charge in [-0.05, 0) is 54.6 Å². The van der Waals surface area contributed by atoms with Crippen LogP contribution in [0.15, 0.2) is 35.1 Å². The van der Waals surface area contributed by atoms with Gasteiger partial charge in [0.05, 0.1) is 0 Å². The molecule has 0 heterocycles. The van der Waals surface area contributed by atoms with Crippen LogP contribution < -0.4 is 0 Å². The molecular formula is C21H26O3. The molecule has 2 saturated carbocycles. The van der Waals surface area contributed by atoms with Gasteiger partial charge < -0.3 is 4.74 Å². The molecule has 0 N–H and O–H groups in total. The maximum atomic E-state index is 12.4. The molecule has 3 nitrogen and oxygen atoms in total. The van der Waals surface area contributed by atoms with E-state index in [1.165, 1.54) is 18.1 Å². The van der Waals surface area contributed by atoms with Crippen LogP contribution in [0.5, 0.6) is 0 Å². The summed E-state index contributed by atoms with van der Waals surface area (Å²) >= 11 is 0. The van der Waals surface area contributed by atoms with Crippen LogP contribution in [0.25, 0.3) is 0 Å². The molecule has 24 heavy (non-hydrogen) atoms. The Balaban J connectivity index is 1.72. The Morgan fingerprint density at radius 2 is 1.83 bits per heavy atom. The quantitative estimate of drug-likeness (QED) is 0.667. The molecule has 0 aromatic heterocycles. The number of Topliss-reactive ketones (excluding diaryl/α,β-unsaturated/α-hetero) is 1. The van der Waals surface area contributed by atoms with Crippen molar-refractivity contribution in [2.24, 2.45) is 22.7 Å². The third kappa shape index (κ3) is 2.09. The fourth-order valence-electron chi connectivity index (χ4n) is 5.70. The lowest BCUT2D eigenvalue weighted by atomic mass is 9.52. The molecule has 3 heteroatoms. The number of hydrogen-bond acceptors (Lipinski definition) is 3. The fourth-order valence-corrected chi connectivity index (χ4v) is 5.70. The van der Waals surface area contributed by atoms with Crippen molar-refractivity contribution in [1.82, 2.24) is 0 Å². The van der Waals surface area contributed by atoms with Crippen molar-refractivity contribution in [3.8, 4) is 0 Å². The molecule has 0 bridgehead atoms. The summed E-state index contributed by atoms with van der Waals surface area (Å²) in [5, 5.41) is 0. The van der Waals surface area contributed by atoms with Gasteiger partial charge in [0.1, 0.15) is 11.5 Å². The number of ketones is 1. The predicted molar refractivity (Wildman–Crippen MR) is 91.9 cm³/mol. The molecule has 128 valence electrons. The molecule has 4 rings (SSSR count). The maximum absolute atomic E-state index is 12.4. The monoisotopic (exact) mass is 326 g/mol. The highest BCUT2D eigenvalue weighted by atomic mass is 16.5. The van der Waals surface area contributed by atoms with E-state index in [0.717, 1.165) is 44.3 Å². The van der Waals surface area contributed by atoms with E-state index < -0.39 is 0 Å². The number of ether oxygens (including phenoxy) is 1. The predicted octanol–water partition coefficient (Wildman–Crippen LogP) is 4.50. The molecule has 0 amide bonds. The summed E-state index contributed by atoms with van der Waals surface area (Å²) < 4.78 is 5.34. The summed E-state index contributed by atoms with van der Waals surface area (Å²) in [5.74, 6) is 1.97. The zero-order chi connectivity index (χ0) is 17.1. The van der Waals surface area contributed by atoms with Crippen molar-refractivity contribution < 1.29 is 14.3 Å². The average Bonchev–Trinajstić information content (AvgIpc) is 2.83. The van der Waals surface area contributed by atoms with Gasteiger partial charge in [-0.15, -0.1) is 0 Å². The van der Waals surface area contributed by atoms with Crippen LogP contribution in [-0.4, -0.2) is 11.8 Å². The van der Waals surface area contributed by atoms with E-state index in [-0.39, 0.29) is 16.8 Å². The van der Waals surface area contributed by atoms with Gasteiger partial charge in [-0.1, -0.05) is 31.6 Å². The number of carbonyl (C=O) groups is 2. The molecule has 0 aromatic rings. The molecule has 0 spiro atoms. The first kappa shape index (κ1) is 15.9. The highest BCUT2D eigenvalue weighted by molar-refractivity contribution is 5.88. The first-order valence-electron chi connectivity index (χ1n) is 9.19. The first-order valence-corrected chi connectivity index (χ1v) is 9.19. The van der Waals surface area contributed by atoms with E-state index in [1.807, 2.05) is 0 Å².